The molecule has 1 aromatic heterocycles. The maximum absolute atomic E-state index is 12.0. The van der Waals surface area contributed by atoms with Crippen molar-refractivity contribution in [2.75, 3.05) is 26.7 Å². The van der Waals surface area contributed by atoms with E-state index in [0.29, 0.717) is 12.1 Å². The van der Waals surface area contributed by atoms with Crippen LogP contribution in [0.4, 0.5) is 0 Å². The van der Waals surface area contributed by atoms with Gasteiger partial charge in [0.2, 0.25) is 0 Å². The number of nitrogens with zero attached hydrogens (tertiary/aromatic N) is 2. The summed E-state index contributed by atoms with van der Waals surface area (Å²) in [6, 6.07) is 11.3. The number of benzene rings is 1. The number of carbonyl (C=O) groups is 1. The third-order valence-electron chi connectivity index (χ3n) is 3.59. The summed E-state index contributed by atoms with van der Waals surface area (Å²) in [5, 5.41) is 9.42. The summed E-state index contributed by atoms with van der Waals surface area (Å²) in [6.07, 6.45) is 4.89. The van der Waals surface area contributed by atoms with Crippen molar-refractivity contribution in [3.63, 3.8) is 0 Å². The van der Waals surface area contributed by atoms with Crippen LogP contribution in [0.25, 0.3) is 0 Å². The van der Waals surface area contributed by atoms with Gasteiger partial charge in [0.15, 0.2) is 5.96 Å². The van der Waals surface area contributed by atoms with Crippen molar-refractivity contribution in [2.24, 2.45) is 4.99 Å². The number of guanidine groups is 1. The molecule has 0 unspecified atom stereocenters. The largest absolute Gasteiger partial charge is 0.356 e. The van der Waals surface area contributed by atoms with Crippen molar-refractivity contribution in [1.82, 2.24) is 20.5 Å². The highest BCUT2D eigenvalue weighted by molar-refractivity contribution is 14.0. The van der Waals surface area contributed by atoms with Gasteiger partial charge in [0.05, 0.1) is 0 Å². The van der Waals surface area contributed by atoms with Gasteiger partial charge < -0.3 is 20.5 Å². The number of hydrogen-bond acceptors (Lipinski definition) is 2. The number of halogens is 2. The average Bonchev–Trinajstić information content (AvgIpc) is 3.13. The van der Waals surface area contributed by atoms with Crippen LogP contribution in [0.15, 0.2) is 58.3 Å². The fourth-order valence-corrected chi connectivity index (χ4v) is 2.51. The van der Waals surface area contributed by atoms with Crippen molar-refractivity contribution in [2.45, 2.75) is 13.0 Å². The molecule has 0 spiro atoms. The first-order chi connectivity index (χ1) is 12.2. The van der Waals surface area contributed by atoms with E-state index in [4.69, 9.17) is 0 Å². The van der Waals surface area contributed by atoms with E-state index in [9.17, 15) is 4.79 Å². The first kappa shape index (κ1) is 22.5. The zero-order valence-electron chi connectivity index (χ0n) is 14.7. The minimum Gasteiger partial charge on any atom is -0.356 e. The first-order valence-corrected chi connectivity index (χ1v) is 9.07. The fourth-order valence-electron chi connectivity index (χ4n) is 2.24. The molecule has 142 valence electrons. The molecule has 0 radical (unpaired) electrons. The second kappa shape index (κ2) is 12.7. The SMILES string of the molecule is CN=C(NCCCNC(=O)c1ccc(Br)cc1)NCCn1cccc1.I. The molecule has 1 aromatic carbocycles. The smallest absolute Gasteiger partial charge is 0.251 e. The van der Waals surface area contributed by atoms with E-state index in [1.54, 1.807) is 19.2 Å². The van der Waals surface area contributed by atoms with Gasteiger partial charge in [0.25, 0.3) is 5.91 Å². The Labute approximate surface area is 180 Å². The average molecular weight is 534 g/mol. The van der Waals surface area contributed by atoms with E-state index in [1.807, 2.05) is 36.7 Å². The minimum atomic E-state index is -0.0540. The molecule has 0 fully saturated rings. The summed E-state index contributed by atoms with van der Waals surface area (Å²) in [5.74, 6) is 0.716. The summed E-state index contributed by atoms with van der Waals surface area (Å²) in [6.45, 7) is 3.04. The topological polar surface area (TPSA) is 70.4 Å². The molecule has 0 aliphatic carbocycles. The number of hydrogen-bond donors (Lipinski definition) is 3. The second-order valence-electron chi connectivity index (χ2n) is 5.46. The van der Waals surface area contributed by atoms with Gasteiger partial charge in [-0.2, -0.15) is 0 Å². The Morgan fingerprint density at radius 3 is 2.31 bits per heavy atom. The number of amides is 1. The Bertz CT molecular complexity index is 673. The molecule has 0 aliphatic heterocycles. The lowest BCUT2D eigenvalue weighted by molar-refractivity contribution is 0.0953. The Morgan fingerprint density at radius 1 is 1.04 bits per heavy atom. The zero-order valence-corrected chi connectivity index (χ0v) is 18.7. The lowest BCUT2D eigenvalue weighted by Gasteiger charge is -2.12. The van der Waals surface area contributed by atoms with E-state index < -0.39 is 0 Å². The number of rotatable bonds is 8. The maximum atomic E-state index is 12.0. The van der Waals surface area contributed by atoms with Crippen molar-refractivity contribution in [3.8, 4) is 0 Å². The molecular weight excluding hydrogens is 509 g/mol. The molecule has 2 rings (SSSR count). The van der Waals surface area contributed by atoms with Crippen LogP contribution in [-0.4, -0.2) is 43.1 Å². The van der Waals surface area contributed by atoms with Crippen LogP contribution in [0.5, 0.6) is 0 Å². The molecule has 0 atom stereocenters. The van der Waals surface area contributed by atoms with Gasteiger partial charge in [-0.25, -0.2) is 0 Å². The predicted octanol–water partition coefficient (Wildman–Crippen LogP) is 2.85. The number of aromatic nitrogens is 1. The number of carbonyl (C=O) groups excluding carboxylic acids is 1. The van der Waals surface area contributed by atoms with E-state index in [1.165, 1.54) is 0 Å². The summed E-state index contributed by atoms with van der Waals surface area (Å²) in [4.78, 5) is 16.2. The molecule has 2 aromatic rings. The number of aliphatic imine (C=N–C) groups is 1. The van der Waals surface area contributed by atoms with Crippen molar-refractivity contribution in [3.05, 3.63) is 58.8 Å². The van der Waals surface area contributed by atoms with Gasteiger partial charge in [0, 0.05) is 55.7 Å². The minimum absolute atomic E-state index is 0. The first-order valence-electron chi connectivity index (χ1n) is 8.28. The molecule has 26 heavy (non-hydrogen) atoms. The third kappa shape index (κ3) is 8.22. The second-order valence-corrected chi connectivity index (χ2v) is 6.38. The highest BCUT2D eigenvalue weighted by atomic mass is 127. The summed E-state index contributed by atoms with van der Waals surface area (Å²) >= 11 is 3.36. The molecular formula is C18H25BrIN5O. The summed E-state index contributed by atoms with van der Waals surface area (Å²) in [7, 11) is 1.75. The predicted molar refractivity (Wildman–Crippen MR) is 120 cm³/mol. The lowest BCUT2D eigenvalue weighted by Crippen LogP contribution is -2.40. The summed E-state index contributed by atoms with van der Waals surface area (Å²) < 4.78 is 3.07. The molecule has 6 nitrogen and oxygen atoms in total. The monoisotopic (exact) mass is 533 g/mol. The van der Waals surface area contributed by atoms with Gasteiger partial charge >= 0.3 is 0 Å². The Morgan fingerprint density at radius 2 is 1.65 bits per heavy atom. The van der Waals surface area contributed by atoms with Crippen molar-refractivity contribution in [1.29, 1.82) is 0 Å². The van der Waals surface area contributed by atoms with E-state index >= 15 is 0 Å². The van der Waals surface area contributed by atoms with Crippen LogP contribution in [-0.2, 0) is 6.54 Å². The quantitative estimate of drug-likeness (QED) is 0.211. The number of nitrogens with one attached hydrogen (secondary N) is 3. The van der Waals surface area contributed by atoms with Crippen LogP contribution in [0.1, 0.15) is 16.8 Å². The Kier molecular flexibility index (Phi) is 11.0. The highest BCUT2D eigenvalue weighted by Crippen LogP contribution is 2.10. The van der Waals surface area contributed by atoms with Gasteiger partial charge in [0.1, 0.15) is 0 Å². The lowest BCUT2D eigenvalue weighted by atomic mass is 10.2. The fraction of sp³-hybridized carbons (Fsp3) is 0.333. The Hall–Kier alpha value is -1.55. The van der Waals surface area contributed by atoms with Gasteiger partial charge in [-0.1, -0.05) is 15.9 Å². The van der Waals surface area contributed by atoms with E-state index in [2.05, 4.69) is 41.4 Å². The standard InChI is InChI=1S/C18H24BrN5O.HI/c1-20-18(23-11-14-24-12-2-3-13-24)22-10-4-9-21-17(25)15-5-7-16(19)8-6-15;/h2-3,5-8,12-13H,4,9-11,14H2,1H3,(H,21,25)(H2,20,22,23);1H. The van der Waals surface area contributed by atoms with Gasteiger partial charge in [-0.3, -0.25) is 9.79 Å². The van der Waals surface area contributed by atoms with Crippen LogP contribution >= 0.6 is 39.9 Å². The maximum Gasteiger partial charge on any atom is 0.251 e. The third-order valence-corrected chi connectivity index (χ3v) is 4.12. The van der Waals surface area contributed by atoms with Gasteiger partial charge in [-0.15, -0.1) is 24.0 Å². The molecule has 0 saturated heterocycles. The summed E-state index contributed by atoms with van der Waals surface area (Å²) in [5.41, 5.74) is 0.665. The molecule has 0 saturated carbocycles. The molecule has 1 amide bonds. The van der Waals surface area contributed by atoms with Crippen molar-refractivity contribution < 1.29 is 4.79 Å². The molecule has 8 heteroatoms. The molecule has 3 N–H and O–H groups in total. The van der Waals surface area contributed by atoms with Crippen LogP contribution in [0, 0.1) is 0 Å². The molecule has 0 bridgehead atoms. The van der Waals surface area contributed by atoms with Crippen LogP contribution in [0.2, 0.25) is 0 Å². The van der Waals surface area contributed by atoms with E-state index in [-0.39, 0.29) is 29.9 Å². The highest BCUT2D eigenvalue weighted by Gasteiger charge is 2.04. The zero-order chi connectivity index (χ0) is 17.9. The van der Waals surface area contributed by atoms with E-state index in [0.717, 1.165) is 36.5 Å². The van der Waals surface area contributed by atoms with Crippen LogP contribution in [0.3, 0.4) is 0 Å². The normalized spacial score (nSPS) is 10.8. The van der Waals surface area contributed by atoms with Crippen LogP contribution < -0.4 is 16.0 Å². The van der Waals surface area contributed by atoms with Crippen molar-refractivity contribution >= 4 is 51.8 Å². The van der Waals surface area contributed by atoms with Gasteiger partial charge in [-0.05, 0) is 42.8 Å². The Balaban J connectivity index is 0.00000338. The molecule has 1 heterocycles. The molecule has 0 aliphatic rings.